The van der Waals surface area contributed by atoms with Crippen molar-refractivity contribution < 1.29 is 28.5 Å². The van der Waals surface area contributed by atoms with E-state index >= 15 is 0 Å². The second-order valence-corrected chi connectivity index (χ2v) is 16.7. The molecule has 0 aromatic heterocycles. The molecule has 0 aliphatic heterocycles. The molecular weight excluding hydrogens is 484 g/mol. The third kappa shape index (κ3) is 8.81. The largest absolute Gasteiger partial charge is 0.497 e. The highest BCUT2D eigenvalue weighted by atomic mass is 28.4. The van der Waals surface area contributed by atoms with Crippen LogP contribution in [-0.2, 0) is 25.3 Å². The van der Waals surface area contributed by atoms with E-state index in [4.69, 9.17) is 18.6 Å². The third-order valence-corrected chi connectivity index (χ3v) is 12.3. The second kappa shape index (κ2) is 13.7. The van der Waals surface area contributed by atoms with Crippen LogP contribution in [0.1, 0.15) is 59.9 Å². The summed E-state index contributed by atoms with van der Waals surface area (Å²) in [5, 5.41) is 11.9. The van der Waals surface area contributed by atoms with Crippen molar-refractivity contribution in [3.63, 3.8) is 0 Å². The van der Waals surface area contributed by atoms with Crippen molar-refractivity contribution in [1.82, 2.24) is 0 Å². The van der Waals surface area contributed by atoms with Crippen LogP contribution < -0.4 is 4.74 Å². The zero-order valence-electron chi connectivity index (χ0n) is 24.8. The van der Waals surface area contributed by atoms with Crippen LogP contribution in [-0.4, -0.2) is 52.4 Å². The summed E-state index contributed by atoms with van der Waals surface area (Å²) in [6.45, 7) is 25.4. The Morgan fingerprint density at radius 1 is 1.05 bits per heavy atom. The highest BCUT2D eigenvalue weighted by Gasteiger charge is 2.51. The average Bonchev–Trinajstić information content (AvgIpc) is 2.82. The number of esters is 1. The van der Waals surface area contributed by atoms with E-state index in [1.54, 1.807) is 14.0 Å². The van der Waals surface area contributed by atoms with Gasteiger partial charge in [-0.3, -0.25) is 4.79 Å². The molecule has 4 atom stereocenters. The first-order chi connectivity index (χ1) is 17.0. The van der Waals surface area contributed by atoms with Crippen molar-refractivity contribution in [2.24, 2.45) is 11.3 Å². The van der Waals surface area contributed by atoms with Crippen LogP contribution in [0, 0.1) is 11.3 Å². The molecular formula is C30H50O6Si. The van der Waals surface area contributed by atoms with Gasteiger partial charge in [-0.25, -0.2) is 0 Å². The fraction of sp³-hybridized carbons (Fsp3) is 0.633. The molecule has 0 radical (unpaired) electrons. The first-order valence-corrected chi connectivity index (χ1v) is 15.9. The fourth-order valence-electron chi connectivity index (χ4n) is 4.31. The number of aliphatic hydroxyl groups excluding tert-OH is 1. The van der Waals surface area contributed by atoms with E-state index in [9.17, 15) is 9.90 Å². The highest BCUT2D eigenvalue weighted by Crippen LogP contribution is 2.43. The van der Waals surface area contributed by atoms with Gasteiger partial charge >= 0.3 is 5.97 Å². The Kier molecular flexibility index (Phi) is 12.3. The highest BCUT2D eigenvalue weighted by molar-refractivity contribution is 6.74. The Bertz CT molecular complexity index is 902. The lowest BCUT2D eigenvalue weighted by atomic mass is 9.66. The summed E-state index contributed by atoms with van der Waals surface area (Å²) in [5.74, 6) is -0.123. The molecule has 0 bridgehead atoms. The van der Waals surface area contributed by atoms with Gasteiger partial charge in [-0.1, -0.05) is 50.6 Å². The summed E-state index contributed by atoms with van der Waals surface area (Å²) in [6, 6.07) is 7.55. The minimum absolute atomic E-state index is 0.0682. The predicted octanol–water partition coefficient (Wildman–Crippen LogP) is 6.69. The molecule has 0 saturated heterocycles. The number of carbonyl (C=O) groups excluding carboxylic acids is 1. The number of rotatable bonds is 15. The number of hydrogen-bond donors (Lipinski definition) is 1. The molecule has 0 aliphatic rings. The number of aliphatic hydroxyl groups is 1. The Morgan fingerprint density at radius 3 is 2.05 bits per heavy atom. The molecule has 0 fully saturated rings. The van der Waals surface area contributed by atoms with Gasteiger partial charge < -0.3 is 23.7 Å². The van der Waals surface area contributed by atoms with Crippen molar-refractivity contribution in [3.8, 4) is 5.75 Å². The molecule has 7 heteroatoms. The van der Waals surface area contributed by atoms with Gasteiger partial charge in [-0.15, -0.1) is 6.58 Å². The van der Waals surface area contributed by atoms with Crippen LogP contribution in [0.4, 0.5) is 0 Å². The zero-order chi connectivity index (χ0) is 28.6. The van der Waals surface area contributed by atoms with E-state index in [0.29, 0.717) is 19.4 Å². The Hall–Kier alpha value is -1.93. The minimum Gasteiger partial charge on any atom is -0.497 e. The first kappa shape index (κ1) is 33.1. The molecule has 0 saturated carbocycles. The zero-order valence-corrected chi connectivity index (χ0v) is 25.8. The number of ether oxygens (including phenoxy) is 3. The maximum atomic E-state index is 13.3. The molecule has 37 heavy (non-hydrogen) atoms. The smallest absolute Gasteiger partial charge is 0.314 e. The number of methoxy groups -OCH3 is 2. The van der Waals surface area contributed by atoms with Crippen molar-refractivity contribution in [1.29, 1.82) is 0 Å². The van der Waals surface area contributed by atoms with E-state index < -0.39 is 31.9 Å². The molecule has 1 N–H and O–H groups in total. The molecule has 0 amide bonds. The monoisotopic (exact) mass is 534 g/mol. The van der Waals surface area contributed by atoms with Gasteiger partial charge in [0, 0.05) is 6.61 Å². The summed E-state index contributed by atoms with van der Waals surface area (Å²) >= 11 is 0. The van der Waals surface area contributed by atoms with Gasteiger partial charge in [0.25, 0.3) is 0 Å². The van der Waals surface area contributed by atoms with Crippen molar-refractivity contribution in [3.05, 3.63) is 54.1 Å². The first-order valence-electron chi connectivity index (χ1n) is 13.0. The summed E-state index contributed by atoms with van der Waals surface area (Å²) < 4.78 is 23.1. The Balaban J connectivity index is 3.26. The molecule has 0 aliphatic carbocycles. The molecule has 0 unspecified atom stereocenters. The fourth-order valence-corrected chi connectivity index (χ4v) is 5.37. The van der Waals surface area contributed by atoms with E-state index in [-0.39, 0.29) is 17.6 Å². The Labute approximate surface area is 226 Å². The van der Waals surface area contributed by atoms with Crippen LogP contribution in [0.3, 0.4) is 0 Å². The van der Waals surface area contributed by atoms with Gasteiger partial charge in [-0.05, 0) is 75.4 Å². The standard InChI is InChI=1S/C30H50O6Si/c1-21(2)19-26(35-20-23-13-15-24(33-9)16-14-23)27(31)30(8,28(32)34-10)25(22(3)4)17-18-36-37(11,12)29(5,6)7/h13-16,25-27,31H,1,3,17-20H2,2,4-12H3/t25-,26+,27-,30-/m0/s1. The van der Waals surface area contributed by atoms with E-state index in [1.165, 1.54) is 7.11 Å². The van der Waals surface area contributed by atoms with E-state index in [2.05, 4.69) is 47.0 Å². The van der Waals surface area contributed by atoms with Gasteiger partial charge in [0.1, 0.15) is 11.2 Å². The molecule has 210 valence electrons. The summed E-state index contributed by atoms with van der Waals surface area (Å²) in [7, 11) is 0.984. The van der Waals surface area contributed by atoms with Gasteiger partial charge in [0.05, 0.1) is 33.0 Å². The quantitative estimate of drug-likeness (QED) is 0.153. The van der Waals surface area contributed by atoms with Crippen molar-refractivity contribution in [2.75, 3.05) is 20.8 Å². The summed E-state index contributed by atoms with van der Waals surface area (Å²) in [5.41, 5.74) is 1.27. The maximum absolute atomic E-state index is 13.3. The van der Waals surface area contributed by atoms with Gasteiger partial charge in [0.2, 0.25) is 0 Å². The minimum atomic E-state index is -1.98. The van der Waals surface area contributed by atoms with Crippen LogP contribution in [0.5, 0.6) is 5.75 Å². The normalized spacial score (nSPS) is 16.3. The molecule has 6 nitrogen and oxygen atoms in total. The van der Waals surface area contributed by atoms with Gasteiger partial charge in [-0.2, -0.15) is 0 Å². The molecule has 1 aromatic carbocycles. The topological polar surface area (TPSA) is 74.2 Å². The average molecular weight is 535 g/mol. The predicted molar refractivity (Wildman–Crippen MR) is 153 cm³/mol. The maximum Gasteiger partial charge on any atom is 0.314 e. The molecule has 0 spiro atoms. The second-order valence-electron chi connectivity index (χ2n) is 11.9. The lowest BCUT2D eigenvalue weighted by Gasteiger charge is -2.43. The SMILES string of the molecule is C=C(C)C[C@@H](OCc1ccc(OC)cc1)[C@H](O)[C@@](C)(C(=O)OC)[C@@H](CCO[Si](C)(C)C(C)(C)C)C(=C)C. The Morgan fingerprint density at radius 2 is 1.62 bits per heavy atom. The van der Waals surface area contributed by atoms with E-state index in [1.807, 2.05) is 38.1 Å². The number of allylic oxidation sites excluding steroid dienone is 1. The van der Waals surface area contributed by atoms with Crippen LogP contribution in [0.15, 0.2) is 48.6 Å². The lowest BCUT2D eigenvalue weighted by Crippen LogP contribution is -2.53. The van der Waals surface area contributed by atoms with E-state index in [0.717, 1.165) is 22.5 Å². The molecule has 1 rings (SSSR count). The third-order valence-electron chi connectivity index (χ3n) is 7.76. The molecule has 0 heterocycles. The van der Waals surface area contributed by atoms with Crippen LogP contribution >= 0.6 is 0 Å². The summed E-state index contributed by atoms with van der Waals surface area (Å²) in [6.07, 6.45) is -0.910. The van der Waals surface area contributed by atoms with Gasteiger partial charge in [0.15, 0.2) is 8.32 Å². The number of hydrogen-bond acceptors (Lipinski definition) is 6. The lowest BCUT2D eigenvalue weighted by molar-refractivity contribution is -0.175. The van der Waals surface area contributed by atoms with Crippen LogP contribution in [0.25, 0.3) is 0 Å². The number of carbonyl (C=O) groups is 1. The van der Waals surface area contributed by atoms with Crippen LogP contribution in [0.2, 0.25) is 18.1 Å². The molecule has 1 aromatic rings. The van der Waals surface area contributed by atoms with Crippen molar-refractivity contribution >= 4 is 14.3 Å². The summed E-state index contributed by atoms with van der Waals surface area (Å²) in [4.78, 5) is 13.3. The van der Waals surface area contributed by atoms with Crippen molar-refractivity contribution in [2.45, 2.75) is 91.3 Å². The number of benzene rings is 1.